The summed E-state index contributed by atoms with van der Waals surface area (Å²) >= 11 is 0. The first-order valence-corrected chi connectivity index (χ1v) is 2.22. The van der Waals surface area contributed by atoms with Gasteiger partial charge in [-0.15, -0.1) is 0 Å². The molecule has 0 unspecified atom stereocenters. The van der Waals surface area contributed by atoms with E-state index in [-0.39, 0.29) is 24.8 Å². The van der Waals surface area contributed by atoms with Gasteiger partial charge in [-0.3, -0.25) is 0 Å². The van der Waals surface area contributed by atoms with E-state index in [4.69, 9.17) is 0 Å². The molecule has 0 saturated heterocycles. The van der Waals surface area contributed by atoms with Crippen molar-refractivity contribution in [1.29, 1.82) is 0 Å². The number of ether oxygens (including phenoxy) is 1. The predicted molar refractivity (Wildman–Crippen MR) is 25.4 cm³/mol. The zero-order chi connectivity index (χ0) is 5.70. The van der Waals surface area contributed by atoms with E-state index in [0.717, 1.165) is 6.42 Å². The molecular formula is C5H9LiO2. The van der Waals surface area contributed by atoms with Crippen LogP contribution in [-0.4, -0.2) is 7.11 Å². The normalized spacial score (nSPS) is 10.0. The maximum atomic E-state index is 10.1. The standard InChI is InChI=1S/C5H10O2.Li/c1-3-4-5(6)7-2;/h4,6H,3H2,1-2H3;/q;+1/p-1/b5-4-;. The molecule has 42 valence electrons. The van der Waals surface area contributed by atoms with E-state index in [2.05, 4.69) is 4.74 Å². The Balaban J connectivity index is 0. The van der Waals surface area contributed by atoms with E-state index < -0.39 is 0 Å². The minimum atomic E-state index is -0.248. The Morgan fingerprint density at radius 1 is 1.75 bits per heavy atom. The van der Waals surface area contributed by atoms with Crippen LogP contribution < -0.4 is 24.0 Å². The fourth-order valence-electron chi connectivity index (χ4n) is 0.250. The van der Waals surface area contributed by atoms with Gasteiger partial charge in [0.15, 0.2) is 0 Å². The molecule has 0 aromatic carbocycles. The number of hydrogen-bond donors (Lipinski definition) is 0. The Labute approximate surface area is 61.7 Å². The molecule has 0 aromatic rings. The second-order valence-electron chi connectivity index (χ2n) is 1.14. The van der Waals surface area contributed by atoms with Crippen LogP contribution in [0.5, 0.6) is 0 Å². The molecule has 0 bridgehead atoms. The van der Waals surface area contributed by atoms with Crippen LogP contribution in [0.3, 0.4) is 0 Å². The molecule has 0 amide bonds. The van der Waals surface area contributed by atoms with E-state index in [9.17, 15) is 5.11 Å². The van der Waals surface area contributed by atoms with Crippen molar-refractivity contribution < 1.29 is 28.7 Å². The van der Waals surface area contributed by atoms with Gasteiger partial charge in [-0.05, 0) is 13.5 Å². The topological polar surface area (TPSA) is 32.3 Å². The third-order valence-corrected chi connectivity index (χ3v) is 0.572. The molecule has 0 aliphatic rings. The molecule has 0 aliphatic heterocycles. The molecule has 0 heterocycles. The molecule has 3 heteroatoms. The maximum Gasteiger partial charge on any atom is 1.00 e. The molecule has 0 spiro atoms. The number of rotatable bonds is 2. The summed E-state index contributed by atoms with van der Waals surface area (Å²) in [6, 6.07) is 0. The van der Waals surface area contributed by atoms with Crippen molar-refractivity contribution in [1.82, 2.24) is 0 Å². The predicted octanol–water partition coefficient (Wildman–Crippen LogP) is -2.75. The Hall–Kier alpha value is -0.0626. The fourth-order valence-corrected chi connectivity index (χ4v) is 0.250. The number of methoxy groups -OCH3 is 1. The summed E-state index contributed by atoms with van der Waals surface area (Å²) in [5, 5.41) is 10.1. The molecule has 0 radical (unpaired) electrons. The fraction of sp³-hybridized carbons (Fsp3) is 0.600. The largest absolute Gasteiger partial charge is 1.00 e. The Kier molecular flexibility index (Phi) is 9.40. The van der Waals surface area contributed by atoms with E-state index in [1.165, 1.54) is 13.2 Å². The number of allylic oxidation sites excluding steroid dienone is 1. The summed E-state index contributed by atoms with van der Waals surface area (Å²) in [6.07, 6.45) is 2.23. The van der Waals surface area contributed by atoms with Gasteiger partial charge in [-0.1, -0.05) is 13.0 Å². The zero-order valence-corrected chi connectivity index (χ0v) is 5.60. The van der Waals surface area contributed by atoms with E-state index in [0.29, 0.717) is 0 Å². The van der Waals surface area contributed by atoms with Crippen LogP contribution in [0.15, 0.2) is 12.0 Å². The molecule has 0 saturated carbocycles. The summed E-state index contributed by atoms with van der Waals surface area (Å²) in [5.41, 5.74) is 0. The van der Waals surface area contributed by atoms with Gasteiger partial charge in [0.1, 0.15) is 0 Å². The summed E-state index contributed by atoms with van der Waals surface area (Å²) in [5.74, 6) is -0.248. The molecule has 2 nitrogen and oxygen atoms in total. The van der Waals surface area contributed by atoms with Crippen LogP contribution in [0.25, 0.3) is 0 Å². The van der Waals surface area contributed by atoms with Crippen molar-refractivity contribution in [2.24, 2.45) is 0 Å². The minimum Gasteiger partial charge on any atom is -0.617 e. The van der Waals surface area contributed by atoms with Crippen LogP contribution in [0.4, 0.5) is 0 Å². The van der Waals surface area contributed by atoms with Gasteiger partial charge < -0.3 is 9.84 Å². The molecule has 0 N–H and O–H groups in total. The summed E-state index contributed by atoms with van der Waals surface area (Å²) < 4.78 is 4.30. The first kappa shape index (κ1) is 10.8. The van der Waals surface area contributed by atoms with Crippen molar-refractivity contribution in [3.8, 4) is 0 Å². The van der Waals surface area contributed by atoms with Crippen LogP contribution >= 0.6 is 0 Å². The van der Waals surface area contributed by atoms with Crippen molar-refractivity contribution in [2.75, 3.05) is 7.11 Å². The molecule has 0 fully saturated rings. The van der Waals surface area contributed by atoms with Gasteiger partial charge in [-0.2, -0.15) is 0 Å². The first-order valence-electron chi connectivity index (χ1n) is 2.22. The summed E-state index contributed by atoms with van der Waals surface area (Å²) in [7, 11) is 1.37. The quantitative estimate of drug-likeness (QED) is 0.284. The average Bonchev–Trinajstić information content (AvgIpc) is 1.68. The van der Waals surface area contributed by atoms with Crippen molar-refractivity contribution in [2.45, 2.75) is 13.3 Å². The van der Waals surface area contributed by atoms with Crippen LogP contribution in [0.2, 0.25) is 0 Å². The molecule has 0 rings (SSSR count). The maximum absolute atomic E-state index is 10.1. The van der Waals surface area contributed by atoms with Gasteiger partial charge >= 0.3 is 18.9 Å². The zero-order valence-electron chi connectivity index (χ0n) is 5.60. The first-order chi connectivity index (χ1) is 3.31. The van der Waals surface area contributed by atoms with Crippen molar-refractivity contribution in [3.63, 3.8) is 0 Å². The monoisotopic (exact) mass is 108 g/mol. The minimum absolute atomic E-state index is 0. The molecule has 0 atom stereocenters. The number of hydrogen-bond acceptors (Lipinski definition) is 2. The Morgan fingerprint density at radius 3 is 2.38 bits per heavy atom. The third kappa shape index (κ3) is 5.94. The summed E-state index contributed by atoms with van der Waals surface area (Å²) in [6.45, 7) is 1.89. The van der Waals surface area contributed by atoms with Gasteiger partial charge in [-0.25, -0.2) is 0 Å². The van der Waals surface area contributed by atoms with Crippen LogP contribution in [0.1, 0.15) is 13.3 Å². The molecular weight excluding hydrogens is 99.0 g/mol. The molecule has 8 heavy (non-hydrogen) atoms. The van der Waals surface area contributed by atoms with Gasteiger partial charge in [0.05, 0.1) is 0 Å². The second-order valence-corrected chi connectivity index (χ2v) is 1.14. The Bertz CT molecular complexity index is 70.8. The van der Waals surface area contributed by atoms with Gasteiger partial charge in [0.2, 0.25) is 0 Å². The van der Waals surface area contributed by atoms with Crippen molar-refractivity contribution in [3.05, 3.63) is 12.0 Å². The molecule has 0 aliphatic carbocycles. The van der Waals surface area contributed by atoms with E-state index >= 15 is 0 Å². The van der Waals surface area contributed by atoms with E-state index in [1.54, 1.807) is 0 Å². The van der Waals surface area contributed by atoms with E-state index in [1.807, 2.05) is 6.92 Å². The van der Waals surface area contributed by atoms with Crippen molar-refractivity contribution >= 4 is 0 Å². The SMILES string of the molecule is CC/C=C(/[O-])OC.[Li+]. The second kappa shape index (κ2) is 6.94. The molecule has 0 aromatic heterocycles. The summed E-state index contributed by atoms with van der Waals surface area (Å²) in [4.78, 5) is 0. The smallest absolute Gasteiger partial charge is 0.617 e. The van der Waals surface area contributed by atoms with Gasteiger partial charge in [0, 0.05) is 5.95 Å². The Morgan fingerprint density at radius 2 is 2.25 bits per heavy atom. The van der Waals surface area contributed by atoms with Crippen LogP contribution in [0, 0.1) is 0 Å². The van der Waals surface area contributed by atoms with Gasteiger partial charge in [0.25, 0.3) is 0 Å². The van der Waals surface area contributed by atoms with Crippen LogP contribution in [-0.2, 0) is 4.74 Å². The third-order valence-electron chi connectivity index (χ3n) is 0.572. The average molecular weight is 108 g/mol.